The van der Waals surface area contributed by atoms with E-state index >= 15 is 0 Å². The molecule has 0 aromatic carbocycles. The third-order valence-electron chi connectivity index (χ3n) is 2.30. The molecule has 0 amide bonds. The number of anilines is 2. The molecule has 5 nitrogen and oxygen atoms in total. The van der Waals surface area contributed by atoms with E-state index in [1.165, 1.54) is 0 Å². The average molecular weight is 255 g/mol. The van der Waals surface area contributed by atoms with Gasteiger partial charge in [0, 0.05) is 5.54 Å². The summed E-state index contributed by atoms with van der Waals surface area (Å²) in [6, 6.07) is 0. The van der Waals surface area contributed by atoms with E-state index in [-0.39, 0.29) is 22.7 Å². The molecule has 0 unspecified atom stereocenters. The number of hydrogen-bond donors (Lipinski definition) is 3. The van der Waals surface area contributed by atoms with Crippen molar-refractivity contribution < 1.29 is 4.39 Å². The van der Waals surface area contributed by atoms with Gasteiger partial charge in [-0.25, -0.2) is 15.2 Å². The molecule has 0 fully saturated rings. The highest BCUT2D eigenvalue weighted by Gasteiger charge is 2.26. The number of nitrogens with zero attached hydrogens (tertiary/aromatic N) is 2. The molecule has 0 spiro atoms. The highest BCUT2D eigenvalue weighted by molar-refractivity contribution is 5.42. The quantitative estimate of drug-likeness (QED) is 0.569. The molecule has 0 aliphatic heterocycles. The second-order valence-electron chi connectivity index (χ2n) is 6.28. The Hall–Kier alpha value is -1.43. The molecule has 6 heteroatoms. The van der Waals surface area contributed by atoms with Crippen LogP contribution >= 0.6 is 0 Å². The van der Waals surface area contributed by atoms with Gasteiger partial charge in [-0.3, -0.25) is 5.43 Å². The van der Waals surface area contributed by atoms with Gasteiger partial charge in [0.25, 0.3) is 0 Å². The fraction of sp³-hybridized carbons (Fsp3) is 0.667. The summed E-state index contributed by atoms with van der Waals surface area (Å²) in [5.41, 5.74) is 2.16. The standard InChI is InChI=1S/C12H22FN5/c1-11(2,3)7-12(4,5)17-9-8(13)6-15-10(16-9)18-14/h6H,7,14H2,1-5H3,(H2,15,16,17,18). The fourth-order valence-corrected chi connectivity index (χ4v) is 2.21. The maximum Gasteiger partial charge on any atom is 0.239 e. The predicted molar refractivity (Wildman–Crippen MR) is 71.6 cm³/mol. The third kappa shape index (κ3) is 4.44. The SMILES string of the molecule is CC(C)(C)CC(C)(C)Nc1nc(NN)ncc1F. The average Bonchev–Trinajstić information content (AvgIpc) is 2.17. The Balaban J connectivity index is 2.89. The number of rotatable bonds is 4. The van der Waals surface area contributed by atoms with Crippen LogP contribution in [0.5, 0.6) is 0 Å². The van der Waals surface area contributed by atoms with Gasteiger partial charge < -0.3 is 5.32 Å². The zero-order valence-corrected chi connectivity index (χ0v) is 11.6. The van der Waals surface area contributed by atoms with Crippen LogP contribution in [0.3, 0.4) is 0 Å². The predicted octanol–water partition coefficient (Wildman–Crippen LogP) is 2.53. The molecule has 4 N–H and O–H groups in total. The molecule has 1 heterocycles. The van der Waals surface area contributed by atoms with Crippen LogP contribution in [0.1, 0.15) is 41.0 Å². The number of halogens is 1. The van der Waals surface area contributed by atoms with Crippen molar-refractivity contribution in [3.8, 4) is 0 Å². The van der Waals surface area contributed by atoms with Gasteiger partial charge in [-0.1, -0.05) is 20.8 Å². The lowest BCUT2D eigenvalue weighted by Gasteiger charge is -2.33. The second-order valence-corrected chi connectivity index (χ2v) is 6.28. The van der Waals surface area contributed by atoms with Crippen molar-refractivity contribution in [3.63, 3.8) is 0 Å². The minimum absolute atomic E-state index is 0.134. The summed E-state index contributed by atoms with van der Waals surface area (Å²) in [6.07, 6.45) is 1.96. The zero-order valence-electron chi connectivity index (χ0n) is 11.6. The van der Waals surface area contributed by atoms with E-state index < -0.39 is 5.82 Å². The molecule has 0 saturated heterocycles. The van der Waals surface area contributed by atoms with E-state index in [0.717, 1.165) is 12.6 Å². The lowest BCUT2D eigenvalue weighted by atomic mass is 9.82. The van der Waals surface area contributed by atoms with Crippen molar-refractivity contribution in [2.24, 2.45) is 11.3 Å². The van der Waals surface area contributed by atoms with Gasteiger partial charge in [-0.15, -0.1) is 0 Å². The minimum atomic E-state index is -0.490. The molecule has 1 rings (SSSR count). The molecule has 1 aromatic heterocycles. The Labute approximate surface area is 107 Å². The number of nitrogen functional groups attached to an aromatic ring is 1. The minimum Gasteiger partial charge on any atom is -0.363 e. The van der Waals surface area contributed by atoms with E-state index in [2.05, 4.69) is 41.5 Å². The molecule has 0 radical (unpaired) electrons. The first-order valence-corrected chi connectivity index (χ1v) is 5.90. The van der Waals surface area contributed by atoms with Crippen LogP contribution in [0.4, 0.5) is 16.2 Å². The van der Waals surface area contributed by atoms with E-state index in [0.29, 0.717) is 0 Å². The first kappa shape index (κ1) is 14.6. The highest BCUT2D eigenvalue weighted by atomic mass is 19.1. The number of hydrazine groups is 1. The van der Waals surface area contributed by atoms with Crippen molar-refractivity contribution in [1.82, 2.24) is 9.97 Å². The topological polar surface area (TPSA) is 75.9 Å². The largest absolute Gasteiger partial charge is 0.363 e. The summed E-state index contributed by atoms with van der Waals surface area (Å²) in [5, 5.41) is 3.10. The molecule has 0 bridgehead atoms. The number of hydrogen-bond acceptors (Lipinski definition) is 5. The van der Waals surface area contributed by atoms with Gasteiger partial charge in [0.2, 0.25) is 5.95 Å². The molecule has 18 heavy (non-hydrogen) atoms. The Kier molecular flexibility index (Phi) is 4.11. The number of nitrogens with two attached hydrogens (primary N) is 1. The summed E-state index contributed by atoms with van der Waals surface area (Å²) in [6.45, 7) is 10.4. The second kappa shape index (κ2) is 5.06. The number of nitrogens with one attached hydrogen (secondary N) is 2. The van der Waals surface area contributed by atoms with E-state index in [1.54, 1.807) is 0 Å². The van der Waals surface area contributed by atoms with Gasteiger partial charge in [0.15, 0.2) is 11.6 Å². The van der Waals surface area contributed by atoms with Crippen molar-refractivity contribution in [3.05, 3.63) is 12.0 Å². The van der Waals surface area contributed by atoms with Gasteiger partial charge in [0.1, 0.15) is 0 Å². The van der Waals surface area contributed by atoms with Crippen LogP contribution < -0.4 is 16.6 Å². The fourth-order valence-electron chi connectivity index (χ4n) is 2.21. The number of aromatic nitrogens is 2. The molecule has 102 valence electrons. The molecule has 0 aliphatic carbocycles. The third-order valence-corrected chi connectivity index (χ3v) is 2.30. The van der Waals surface area contributed by atoms with E-state index in [9.17, 15) is 4.39 Å². The summed E-state index contributed by atoms with van der Waals surface area (Å²) in [5.74, 6) is 5.06. The molecule has 0 saturated carbocycles. The van der Waals surface area contributed by atoms with Crippen LogP contribution in [-0.2, 0) is 0 Å². The lowest BCUT2D eigenvalue weighted by molar-refractivity contribution is 0.301. The Morgan fingerprint density at radius 2 is 1.89 bits per heavy atom. The van der Waals surface area contributed by atoms with Gasteiger partial charge in [-0.05, 0) is 25.7 Å². The summed E-state index contributed by atoms with van der Waals surface area (Å²) < 4.78 is 13.6. The maximum absolute atomic E-state index is 13.6. The molecule has 1 aromatic rings. The summed E-state index contributed by atoms with van der Waals surface area (Å²) >= 11 is 0. The van der Waals surface area contributed by atoms with Gasteiger partial charge in [0.05, 0.1) is 6.20 Å². The molecular weight excluding hydrogens is 233 g/mol. The van der Waals surface area contributed by atoms with Crippen molar-refractivity contribution in [1.29, 1.82) is 0 Å². The smallest absolute Gasteiger partial charge is 0.239 e. The lowest BCUT2D eigenvalue weighted by Crippen LogP contribution is -2.36. The molecule has 0 atom stereocenters. The Morgan fingerprint density at radius 1 is 1.28 bits per heavy atom. The Morgan fingerprint density at radius 3 is 2.39 bits per heavy atom. The first-order valence-electron chi connectivity index (χ1n) is 5.90. The van der Waals surface area contributed by atoms with Crippen LogP contribution in [0, 0.1) is 11.2 Å². The van der Waals surface area contributed by atoms with Crippen molar-refractivity contribution in [2.75, 3.05) is 10.7 Å². The zero-order chi connectivity index (χ0) is 14.0. The monoisotopic (exact) mass is 255 g/mol. The first-order chi connectivity index (χ1) is 8.13. The van der Waals surface area contributed by atoms with Crippen LogP contribution in [0.15, 0.2) is 6.20 Å². The van der Waals surface area contributed by atoms with E-state index in [1.807, 2.05) is 13.8 Å². The Bertz CT molecular complexity index is 411. The van der Waals surface area contributed by atoms with Crippen LogP contribution in [0.25, 0.3) is 0 Å². The van der Waals surface area contributed by atoms with Gasteiger partial charge >= 0.3 is 0 Å². The van der Waals surface area contributed by atoms with Crippen LogP contribution in [0.2, 0.25) is 0 Å². The molecular formula is C12H22FN5. The highest BCUT2D eigenvalue weighted by Crippen LogP contribution is 2.29. The summed E-state index contributed by atoms with van der Waals surface area (Å²) in [7, 11) is 0. The van der Waals surface area contributed by atoms with Crippen molar-refractivity contribution >= 4 is 11.8 Å². The summed E-state index contributed by atoms with van der Waals surface area (Å²) in [4.78, 5) is 7.67. The van der Waals surface area contributed by atoms with Crippen molar-refractivity contribution in [2.45, 2.75) is 46.6 Å². The maximum atomic E-state index is 13.6. The van der Waals surface area contributed by atoms with Crippen LogP contribution in [-0.4, -0.2) is 15.5 Å². The van der Waals surface area contributed by atoms with E-state index in [4.69, 9.17) is 5.84 Å². The normalized spacial score (nSPS) is 12.4. The molecule has 0 aliphatic rings. The van der Waals surface area contributed by atoms with Gasteiger partial charge in [-0.2, -0.15) is 4.98 Å².